The van der Waals surface area contributed by atoms with Crippen molar-refractivity contribution in [3.63, 3.8) is 0 Å². The molecule has 0 unspecified atom stereocenters. The number of carboxylic acid groups (broad SMARTS) is 1. The highest BCUT2D eigenvalue weighted by molar-refractivity contribution is 5.79. The van der Waals surface area contributed by atoms with Crippen molar-refractivity contribution in [1.29, 1.82) is 0 Å². The maximum absolute atomic E-state index is 10.5. The Bertz CT molecular complexity index is 371. The standard InChI is InChI=1S/C22H38O2/c1-2-5-18-8-12-20(13-9-18)16-17-21-14-10-19(11-15-21)6-3-4-7-22(23)24/h4,7,18-21H,2-3,5-6,8-17H2,1H3,(H,23,24)/b7-4+. The van der Waals surface area contributed by atoms with Crippen LogP contribution in [0.15, 0.2) is 12.2 Å². The first-order valence-corrected chi connectivity index (χ1v) is 10.6. The van der Waals surface area contributed by atoms with Crippen LogP contribution in [0.2, 0.25) is 0 Å². The second-order valence-electron chi connectivity index (χ2n) is 8.46. The van der Waals surface area contributed by atoms with Crippen LogP contribution in [0.3, 0.4) is 0 Å². The summed E-state index contributed by atoms with van der Waals surface area (Å²) < 4.78 is 0. The van der Waals surface area contributed by atoms with E-state index in [4.69, 9.17) is 5.11 Å². The van der Waals surface area contributed by atoms with E-state index in [2.05, 4.69) is 6.92 Å². The van der Waals surface area contributed by atoms with E-state index in [-0.39, 0.29) is 0 Å². The summed E-state index contributed by atoms with van der Waals surface area (Å²) in [5, 5.41) is 8.61. The second kappa shape index (κ2) is 10.9. The van der Waals surface area contributed by atoms with Gasteiger partial charge >= 0.3 is 5.97 Å². The third kappa shape index (κ3) is 7.40. The lowest BCUT2D eigenvalue weighted by Gasteiger charge is -2.32. The highest BCUT2D eigenvalue weighted by atomic mass is 16.4. The van der Waals surface area contributed by atoms with E-state index in [9.17, 15) is 4.79 Å². The van der Waals surface area contributed by atoms with Crippen LogP contribution in [0.25, 0.3) is 0 Å². The van der Waals surface area contributed by atoms with Crippen LogP contribution in [-0.4, -0.2) is 11.1 Å². The summed E-state index contributed by atoms with van der Waals surface area (Å²) in [6.07, 6.45) is 22.6. The van der Waals surface area contributed by atoms with Crippen LogP contribution in [0.4, 0.5) is 0 Å². The zero-order valence-corrected chi connectivity index (χ0v) is 15.7. The van der Waals surface area contributed by atoms with E-state index < -0.39 is 5.97 Å². The molecule has 0 amide bonds. The normalized spacial score (nSPS) is 31.4. The first-order valence-electron chi connectivity index (χ1n) is 10.6. The minimum absolute atomic E-state index is 0.817. The molecule has 0 aromatic heterocycles. The Morgan fingerprint density at radius 1 is 0.792 bits per heavy atom. The summed E-state index contributed by atoms with van der Waals surface area (Å²) in [4.78, 5) is 10.5. The van der Waals surface area contributed by atoms with E-state index >= 15 is 0 Å². The number of carboxylic acids is 1. The number of allylic oxidation sites excluding steroid dienone is 1. The number of hydrogen-bond acceptors (Lipinski definition) is 1. The molecule has 138 valence electrons. The molecule has 1 N–H and O–H groups in total. The largest absolute Gasteiger partial charge is 0.478 e. The molecule has 2 fully saturated rings. The predicted octanol–water partition coefficient (Wildman–Crippen LogP) is 6.60. The van der Waals surface area contributed by atoms with Gasteiger partial charge in [-0.25, -0.2) is 4.79 Å². The van der Waals surface area contributed by atoms with Crippen LogP contribution in [0, 0.1) is 23.7 Å². The van der Waals surface area contributed by atoms with Gasteiger partial charge in [-0.3, -0.25) is 0 Å². The van der Waals surface area contributed by atoms with Crippen LogP contribution in [-0.2, 0) is 4.79 Å². The Balaban J connectivity index is 1.53. The zero-order valence-electron chi connectivity index (χ0n) is 15.7. The molecular formula is C22H38O2. The average molecular weight is 335 g/mol. The fourth-order valence-corrected chi connectivity index (χ4v) is 5.01. The quantitative estimate of drug-likeness (QED) is 0.482. The molecule has 0 aromatic rings. The summed E-state index contributed by atoms with van der Waals surface area (Å²) in [5.41, 5.74) is 0. The monoisotopic (exact) mass is 334 g/mol. The van der Waals surface area contributed by atoms with Gasteiger partial charge in [0.2, 0.25) is 0 Å². The number of hydrogen-bond donors (Lipinski definition) is 1. The molecule has 2 heteroatoms. The van der Waals surface area contributed by atoms with E-state index in [1.54, 1.807) is 0 Å². The van der Waals surface area contributed by atoms with Crippen LogP contribution < -0.4 is 0 Å². The highest BCUT2D eigenvalue weighted by Crippen LogP contribution is 2.38. The van der Waals surface area contributed by atoms with Gasteiger partial charge in [0.15, 0.2) is 0 Å². The van der Waals surface area contributed by atoms with Crippen molar-refractivity contribution < 1.29 is 9.90 Å². The summed E-state index contributed by atoms with van der Waals surface area (Å²) in [6.45, 7) is 2.32. The summed E-state index contributed by atoms with van der Waals surface area (Å²) >= 11 is 0. The molecule has 2 rings (SSSR count). The molecular weight excluding hydrogens is 296 g/mol. The Labute approximate surface area is 149 Å². The van der Waals surface area contributed by atoms with Crippen molar-refractivity contribution in [3.05, 3.63) is 12.2 Å². The van der Waals surface area contributed by atoms with Gasteiger partial charge in [-0.05, 0) is 36.5 Å². The Hall–Kier alpha value is -0.790. The maximum atomic E-state index is 10.5. The van der Waals surface area contributed by atoms with E-state index in [0.29, 0.717) is 0 Å². The van der Waals surface area contributed by atoms with Crippen molar-refractivity contribution in [2.24, 2.45) is 23.7 Å². The summed E-state index contributed by atoms with van der Waals surface area (Å²) in [6, 6.07) is 0. The van der Waals surface area contributed by atoms with Gasteiger partial charge in [0.25, 0.3) is 0 Å². The van der Waals surface area contributed by atoms with Crippen molar-refractivity contribution in [2.75, 3.05) is 0 Å². The summed E-state index contributed by atoms with van der Waals surface area (Å²) in [5.74, 6) is 3.06. The number of carbonyl (C=O) groups is 1. The van der Waals surface area contributed by atoms with Gasteiger partial charge in [-0.15, -0.1) is 0 Å². The van der Waals surface area contributed by atoms with Crippen molar-refractivity contribution >= 4 is 5.97 Å². The molecule has 2 nitrogen and oxygen atoms in total. The van der Waals surface area contributed by atoms with Crippen LogP contribution >= 0.6 is 0 Å². The molecule has 0 spiro atoms. The van der Waals surface area contributed by atoms with Gasteiger partial charge in [0.1, 0.15) is 0 Å². The topological polar surface area (TPSA) is 37.3 Å². The first-order chi connectivity index (χ1) is 11.7. The lowest BCUT2D eigenvalue weighted by atomic mass is 9.74. The average Bonchev–Trinajstić information content (AvgIpc) is 2.59. The van der Waals surface area contributed by atoms with Crippen LogP contribution in [0.1, 0.15) is 96.8 Å². The molecule has 0 heterocycles. The third-order valence-corrected chi connectivity index (χ3v) is 6.61. The van der Waals surface area contributed by atoms with Gasteiger partial charge in [-0.1, -0.05) is 90.0 Å². The van der Waals surface area contributed by atoms with E-state index in [1.807, 2.05) is 6.08 Å². The molecule has 0 aromatic carbocycles. The number of rotatable bonds is 9. The van der Waals surface area contributed by atoms with Crippen LogP contribution in [0.5, 0.6) is 0 Å². The van der Waals surface area contributed by atoms with Gasteiger partial charge in [0, 0.05) is 6.08 Å². The Morgan fingerprint density at radius 2 is 1.21 bits per heavy atom. The first kappa shape index (κ1) is 19.5. The Morgan fingerprint density at radius 3 is 1.62 bits per heavy atom. The molecule has 0 saturated heterocycles. The van der Waals surface area contributed by atoms with Gasteiger partial charge < -0.3 is 5.11 Å². The SMILES string of the molecule is CCCC1CCC(CCC2CCC(CC/C=C/C(=O)O)CC2)CC1. The van der Waals surface area contributed by atoms with Crippen molar-refractivity contribution in [3.8, 4) is 0 Å². The highest BCUT2D eigenvalue weighted by Gasteiger charge is 2.24. The minimum Gasteiger partial charge on any atom is -0.478 e. The fourth-order valence-electron chi connectivity index (χ4n) is 5.01. The van der Waals surface area contributed by atoms with E-state index in [0.717, 1.165) is 30.1 Å². The van der Waals surface area contributed by atoms with Crippen molar-refractivity contribution in [2.45, 2.75) is 96.8 Å². The fraction of sp³-hybridized carbons (Fsp3) is 0.864. The van der Waals surface area contributed by atoms with Gasteiger partial charge in [-0.2, -0.15) is 0 Å². The maximum Gasteiger partial charge on any atom is 0.327 e. The predicted molar refractivity (Wildman–Crippen MR) is 101 cm³/mol. The van der Waals surface area contributed by atoms with Crippen molar-refractivity contribution in [1.82, 2.24) is 0 Å². The summed E-state index contributed by atoms with van der Waals surface area (Å²) in [7, 11) is 0. The molecule has 2 aliphatic rings. The molecule has 0 bridgehead atoms. The lowest BCUT2D eigenvalue weighted by molar-refractivity contribution is -0.131. The zero-order chi connectivity index (χ0) is 17.2. The van der Waals surface area contributed by atoms with Gasteiger partial charge in [0.05, 0.1) is 0 Å². The molecule has 2 aliphatic carbocycles. The van der Waals surface area contributed by atoms with E-state index in [1.165, 1.54) is 89.5 Å². The molecule has 0 atom stereocenters. The minimum atomic E-state index is -0.817. The third-order valence-electron chi connectivity index (χ3n) is 6.61. The Kier molecular flexibility index (Phi) is 8.91. The molecule has 24 heavy (non-hydrogen) atoms. The smallest absolute Gasteiger partial charge is 0.327 e. The molecule has 0 aliphatic heterocycles. The lowest BCUT2D eigenvalue weighted by Crippen LogP contribution is -2.18. The number of aliphatic carboxylic acids is 1. The second-order valence-corrected chi connectivity index (χ2v) is 8.46. The molecule has 2 saturated carbocycles. The molecule has 0 radical (unpaired) electrons.